The third-order valence-electron chi connectivity index (χ3n) is 4.43. The molecule has 0 radical (unpaired) electrons. The minimum absolute atomic E-state index is 0.437. The molecule has 3 rings (SSSR count). The lowest BCUT2D eigenvalue weighted by Crippen LogP contribution is -2.05. The van der Waals surface area contributed by atoms with Gasteiger partial charge in [0.2, 0.25) is 0 Å². The minimum Gasteiger partial charge on any atom is -0.166 e. The van der Waals surface area contributed by atoms with Gasteiger partial charge in [0.15, 0.2) is 0 Å². The molecular weight excluding hydrogens is 378 g/mol. The Morgan fingerprint density at radius 2 is 1.04 bits per heavy atom. The summed E-state index contributed by atoms with van der Waals surface area (Å²) in [7, 11) is 0. The van der Waals surface area contributed by atoms with Crippen LogP contribution >= 0.6 is 0 Å². The monoisotopic (exact) mass is 394 g/mol. The van der Waals surface area contributed by atoms with Crippen molar-refractivity contribution in [3.63, 3.8) is 0 Å². The van der Waals surface area contributed by atoms with E-state index in [-0.39, 0.29) is 0 Å². The van der Waals surface area contributed by atoms with Crippen molar-refractivity contribution in [3.05, 3.63) is 95.1 Å². The predicted octanol–water partition coefficient (Wildman–Crippen LogP) is 7.18. The van der Waals surface area contributed by atoms with Crippen LogP contribution in [0, 0.1) is 0 Å². The first-order valence-electron chi connectivity index (χ1n) is 8.56. The van der Waals surface area contributed by atoms with E-state index in [1.165, 1.54) is 12.1 Å². The highest BCUT2D eigenvalue weighted by atomic mass is 19.4. The number of aryl methyl sites for hydroxylation is 2. The number of alkyl halides is 6. The van der Waals surface area contributed by atoms with Gasteiger partial charge < -0.3 is 0 Å². The number of halogens is 6. The van der Waals surface area contributed by atoms with Crippen LogP contribution in [0.2, 0.25) is 0 Å². The highest BCUT2D eigenvalue weighted by Crippen LogP contribution is 2.32. The summed E-state index contributed by atoms with van der Waals surface area (Å²) >= 11 is 0. The average Bonchev–Trinajstić information content (AvgIpc) is 2.66. The van der Waals surface area contributed by atoms with E-state index in [1.54, 1.807) is 36.4 Å². The maximum atomic E-state index is 12.8. The second-order valence-electron chi connectivity index (χ2n) is 6.47. The summed E-state index contributed by atoms with van der Waals surface area (Å²) in [5.41, 5.74) is 1.20. The Morgan fingerprint density at radius 1 is 0.500 bits per heavy atom. The molecule has 0 aromatic heterocycles. The molecule has 146 valence electrons. The van der Waals surface area contributed by atoms with Gasteiger partial charge in [-0.1, -0.05) is 54.6 Å². The Hall–Kier alpha value is -2.76. The van der Waals surface area contributed by atoms with Crippen molar-refractivity contribution in [1.29, 1.82) is 0 Å². The van der Waals surface area contributed by atoms with Crippen molar-refractivity contribution < 1.29 is 26.3 Å². The van der Waals surface area contributed by atoms with Gasteiger partial charge in [-0.2, -0.15) is 26.3 Å². The Balaban J connectivity index is 1.70. The molecular formula is C22H16F6. The van der Waals surface area contributed by atoms with Crippen molar-refractivity contribution in [2.45, 2.75) is 25.2 Å². The molecule has 0 spiro atoms. The summed E-state index contributed by atoms with van der Waals surface area (Å²) in [5.74, 6) is 0. The van der Waals surface area contributed by atoms with Gasteiger partial charge in [0.05, 0.1) is 11.1 Å². The van der Waals surface area contributed by atoms with E-state index in [1.807, 2.05) is 0 Å². The summed E-state index contributed by atoms with van der Waals surface area (Å²) in [6.07, 6.45) is -7.81. The quantitative estimate of drug-likeness (QED) is 0.411. The fourth-order valence-corrected chi connectivity index (χ4v) is 2.93. The first-order valence-corrected chi connectivity index (χ1v) is 8.56. The summed E-state index contributed by atoms with van der Waals surface area (Å²) in [6, 6.07) is 17.3. The Morgan fingerprint density at radius 3 is 1.64 bits per heavy atom. The second kappa shape index (κ2) is 7.70. The highest BCUT2D eigenvalue weighted by Gasteiger charge is 2.31. The molecule has 0 atom stereocenters. The third kappa shape index (κ3) is 4.94. The lowest BCUT2D eigenvalue weighted by molar-refractivity contribution is -0.138. The van der Waals surface area contributed by atoms with Crippen LogP contribution in [0.25, 0.3) is 11.1 Å². The van der Waals surface area contributed by atoms with E-state index in [4.69, 9.17) is 0 Å². The maximum Gasteiger partial charge on any atom is 0.416 e. The minimum atomic E-state index is -4.40. The number of rotatable bonds is 4. The molecule has 0 aliphatic rings. The molecule has 3 aromatic carbocycles. The van der Waals surface area contributed by atoms with Crippen molar-refractivity contribution in [3.8, 4) is 11.1 Å². The van der Waals surface area contributed by atoms with Crippen molar-refractivity contribution in [1.82, 2.24) is 0 Å². The molecule has 0 aliphatic carbocycles. The molecule has 28 heavy (non-hydrogen) atoms. The topological polar surface area (TPSA) is 0 Å². The average molecular weight is 394 g/mol. The molecule has 3 aromatic rings. The normalized spacial score (nSPS) is 12.2. The Kier molecular flexibility index (Phi) is 5.49. The van der Waals surface area contributed by atoms with E-state index in [0.29, 0.717) is 29.5 Å². The first-order chi connectivity index (χ1) is 13.1. The molecule has 0 fully saturated rings. The zero-order valence-corrected chi connectivity index (χ0v) is 14.6. The fraction of sp³-hybridized carbons (Fsp3) is 0.182. The van der Waals surface area contributed by atoms with Crippen molar-refractivity contribution in [2.75, 3.05) is 0 Å². The van der Waals surface area contributed by atoms with Gasteiger partial charge in [0.25, 0.3) is 0 Å². The van der Waals surface area contributed by atoms with Gasteiger partial charge >= 0.3 is 12.4 Å². The van der Waals surface area contributed by atoms with Gasteiger partial charge in [-0.05, 0) is 53.3 Å². The van der Waals surface area contributed by atoms with Gasteiger partial charge in [-0.25, -0.2) is 0 Å². The summed E-state index contributed by atoms with van der Waals surface area (Å²) < 4.78 is 76.8. The summed E-state index contributed by atoms with van der Waals surface area (Å²) in [4.78, 5) is 0. The van der Waals surface area contributed by atoms with Gasteiger partial charge in [-0.15, -0.1) is 0 Å². The summed E-state index contributed by atoms with van der Waals surface area (Å²) in [5, 5.41) is 0. The van der Waals surface area contributed by atoms with Crippen LogP contribution in [0.5, 0.6) is 0 Å². The molecule has 0 saturated carbocycles. The Bertz CT molecular complexity index is 936. The predicted molar refractivity (Wildman–Crippen MR) is 95.7 cm³/mol. The van der Waals surface area contributed by atoms with Crippen LogP contribution in [-0.2, 0) is 25.2 Å². The van der Waals surface area contributed by atoms with E-state index in [2.05, 4.69) is 0 Å². The SMILES string of the molecule is FC(F)(F)c1cccc(CCc2ccc(-c3cccc(C(F)(F)F)c3)cc2)c1. The van der Waals surface area contributed by atoms with Crippen LogP contribution in [0.1, 0.15) is 22.3 Å². The number of hydrogen-bond donors (Lipinski definition) is 0. The van der Waals surface area contributed by atoms with Crippen LogP contribution in [0.3, 0.4) is 0 Å². The third-order valence-corrected chi connectivity index (χ3v) is 4.43. The van der Waals surface area contributed by atoms with Crippen LogP contribution in [0.4, 0.5) is 26.3 Å². The molecule has 0 nitrogen and oxygen atoms in total. The maximum absolute atomic E-state index is 12.8. The smallest absolute Gasteiger partial charge is 0.166 e. The van der Waals surface area contributed by atoms with Crippen molar-refractivity contribution >= 4 is 0 Å². The number of hydrogen-bond acceptors (Lipinski definition) is 0. The molecule has 6 heteroatoms. The van der Waals surface area contributed by atoms with Gasteiger partial charge in [0.1, 0.15) is 0 Å². The van der Waals surface area contributed by atoms with Crippen molar-refractivity contribution in [2.24, 2.45) is 0 Å². The molecule has 0 amide bonds. The van der Waals surface area contributed by atoms with Gasteiger partial charge in [-0.3, -0.25) is 0 Å². The van der Waals surface area contributed by atoms with Crippen LogP contribution in [0.15, 0.2) is 72.8 Å². The first kappa shape index (κ1) is 20.0. The zero-order valence-electron chi connectivity index (χ0n) is 14.6. The zero-order chi connectivity index (χ0) is 20.4. The lowest BCUT2D eigenvalue weighted by atomic mass is 9.98. The molecule has 0 N–H and O–H groups in total. The highest BCUT2D eigenvalue weighted by molar-refractivity contribution is 5.64. The largest absolute Gasteiger partial charge is 0.416 e. The van der Waals surface area contributed by atoms with E-state index in [9.17, 15) is 26.3 Å². The molecule has 0 saturated heterocycles. The molecule has 0 unspecified atom stereocenters. The van der Waals surface area contributed by atoms with E-state index in [0.717, 1.165) is 29.8 Å². The van der Waals surface area contributed by atoms with Crippen LogP contribution < -0.4 is 0 Å². The number of benzene rings is 3. The molecule has 0 aliphatic heterocycles. The lowest BCUT2D eigenvalue weighted by Gasteiger charge is -2.10. The Labute approximate surface area is 158 Å². The van der Waals surface area contributed by atoms with E-state index < -0.39 is 23.5 Å². The molecule has 0 heterocycles. The van der Waals surface area contributed by atoms with Crippen LogP contribution in [-0.4, -0.2) is 0 Å². The molecule has 0 bridgehead atoms. The van der Waals surface area contributed by atoms with E-state index >= 15 is 0 Å². The fourth-order valence-electron chi connectivity index (χ4n) is 2.93. The second-order valence-corrected chi connectivity index (χ2v) is 6.47. The van der Waals surface area contributed by atoms with Gasteiger partial charge in [0, 0.05) is 0 Å². The summed E-state index contributed by atoms with van der Waals surface area (Å²) in [6.45, 7) is 0. The standard InChI is InChI=1S/C22H16F6/c23-21(24,25)19-5-1-3-16(13-19)8-7-15-9-11-17(12-10-15)18-4-2-6-20(14-18)22(26,27)28/h1-6,9-14H,7-8H2.